The minimum atomic E-state index is -1.05. The molecule has 23 heavy (non-hydrogen) atoms. The van der Waals surface area contributed by atoms with E-state index in [2.05, 4.69) is 5.32 Å². The highest BCUT2D eigenvalue weighted by atomic mass is 19.2. The Hall–Kier alpha value is -2.41. The third-order valence-electron chi connectivity index (χ3n) is 3.33. The monoisotopic (exact) mass is 327 g/mol. The molecule has 0 aliphatic carbocycles. The van der Waals surface area contributed by atoms with Gasteiger partial charge < -0.3 is 10.6 Å². The molecule has 0 aliphatic heterocycles. The van der Waals surface area contributed by atoms with Crippen molar-refractivity contribution >= 4 is 11.6 Å². The van der Waals surface area contributed by atoms with Gasteiger partial charge in [-0.1, -0.05) is 0 Å². The minimum absolute atomic E-state index is 0.0147. The zero-order valence-corrected chi connectivity index (χ0v) is 12.2. The van der Waals surface area contributed by atoms with Gasteiger partial charge in [-0.2, -0.15) is 0 Å². The fraction of sp³-hybridized carbons (Fsp3) is 0.188. The number of halogens is 4. The number of nitrogens with one attached hydrogen (secondary N) is 1. The number of benzene rings is 2. The van der Waals surface area contributed by atoms with Crippen molar-refractivity contribution in [2.75, 3.05) is 11.9 Å². The number of anilines is 1. The molecule has 0 aliphatic rings. The van der Waals surface area contributed by atoms with Crippen molar-refractivity contribution in [1.82, 2.24) is 0 Å². The molecule has 122 valence electrons. The van der Waals surface area contributed by atoms with Gasteiger partial charge in [-0.25, -0.2) is 17.6 Å². The van der Waals surface area contributed by atoms with Crippen LogP contribution in [-0.2, 0) is 4.79 Å². The molecule has 2 aromatic rings. The molecule has 1 atom stereocenters. The van der Waals surface area contributed by atoms with Crippen LogP contribution in [0, 0.1) is 23.3 Å². The molecular weight excluding hydrogens is 312 g/mol. The molecular formula is C16H15F4N2O+. The normalized spacial score (nSPS) is 12.0. The lowest BCUT2D eigenvalue weighted by molar-refractivity contribution is -0.682. The number of carbonyl (C=O) groups excluding carboxylic acids is 1. The molecule has 2 rings (SSSR count). The largest absolute Gasteiger partial charge is 0.333 e. The summed E-state index contributed by atoms with van der Waals surface area (Å²) in [6.07, 6.45) is 0. The van der Waals surface area contributed by atoms with E-state index in [1.165, 1.54) is 12.1 Å². The maximum Gasteiger partial charge on any atom is 0.279 e. The molecule has 0 saturated heterocycles. The van der Waals surface area contributed by atoms with Crippen molar-refractivity contribution in [1.29, 1.82) is 0 Å². The Morgan fingerprint density at radius 1 is 1.00 bits per heavy atom. The molecule has 0 heterocycles. The molecule has 7 heteroatoms. The summed E-state index contributed by atoms with van der Waals surface area (Å²) in [5.41, 5.74) is 0.673. The predicted octanol–water partition coefficient (Wildman–Crippen LogP) is 2.51. The molecule has 0 saturated carbocycles. The Kier molecular flexibility index (Phi) is 5.33. The van der Waals surface area contributed by atoms with Crippen molar-refractivity contribution in [2.45, 2.75) is 13.0 Å². The van der Waals surface area contributed by atoms with Crippen LogP contribution in [0.15, 0.2) is 36.4 Å². The van der Waals surface area contributed by atoms with Crippen molar-refractivity contribution in [3.05, 3.63) is 65.2 Å². The van der Waals surface area contributed by atoms with Crippen LogP contribution in [-0.4, -0.2) is 12.5 Å². The van der Waals surface area contributed by atoms with E-state index in [1.54, 1.807) is 12.2 Å². The van der Waals surface area contributed by atoms with E-state index in [9.17, 15) is 22.4 Å². The number of carbonyl (C=O) groups is 1. The van der Waals surface area contributed by atoms with Crippen LogP contribution >= 0.6 is 0 Å². The quantitative estimate of drug-likeness (QED) is 0.815. The topological polar surface area (TPSA) is 45.7 Å². The van der Waals surface area contributed by atoms with Crippen LogP contribution < -0.4 is 10.6 Å². The van der Waals surface area contributed by atoms with Crippen molar-refractivity contribution in [3.8, 4) is 0 Å². The maximum atomic E-state index is 13.2. The van der Waals surface area contributed by atoms with E-state index in [0.717, 1.165) is 24.3 Å². The standard InChI is InChI=1S/C16H14F4N2O/c1-9(10-2-4-12(17)14(19)6-10)21-8-16(23)22-11-3-5-13(18)15(20)7-11/h2-7,9,21H,8H2,1H3,(H,22,23)/p+1/t9-/m1/s1. The van der Waals surface area contributed by atoms with Crippen molar-refractivity contribution in [2.24, 2.45) is 0 Å². The van der Waals surface area contributed by atoms with Gasteiger partial charge in [0.05, 0.1) is 0 Å². The minimum Gasteiger partial charge on any atom is -0.333 e. The van der Waals surface area contributed by atoms with Crippen LogP contribution in [0.5, 0.6) is 0 Å². The number of nitrogens with two attached hydrogens (primary N) is 1. The van der Waals surface area contributed by atoms with Crippen molar-refractivity contribution < 1.29 is 27.7 Å². The Labute approximate surface area is 130 Å². The first-order valence-electron chi connectivity index (χ1n) is 6.90. The summed E-state index contributed by atoms with van der Waals surface area (Å²) in [6.45, 7) is 1.72. The number of hydrogen-bond acceptors (Lipinski definition) is 1. The highest BCUT2D eigenvalue weighted by Crippen LogP contribution is 2.14. The number of hydrogen-bond donors (Lipinski definition) is 2. The Bertz CT molecular complexity index is 721. The molecule has 2 aromatic carbocycles. The van der Waals surface area contributed by atoms with Gasteiger partial charge in [0, 0.05) is 17.3 Å². The van der Waals surface area contributed by atoms with E-state index in [4.69, 9.17) is 0 Å². The summed E-state index contributed by atoms with van der Waals surface area (Å²) in [6, 6.07) is 6.30. The first kappa shape index (κ1) is 17.0. The van der Waals surface area contributed by atoms with Gasteiger partial charge in [-0.3, -0.25) is 4.79 Å². The molecule has 0 bridgehead atoms. The van der Waals surface area contributed by atoms with E-state index in [-0.39, 0.29) is 18.3 Å². The second-order valence-corrected chi connectivity index (χ2v) is 5.08. The third kappa shape index (κ3) is 4.53. The summed E-state index contributed by atoms with van der Waals surface area (Å²) in [4.78, 5) is 11.8. The molecule has 0 aromatic heterocycles. The summed E-state index contributed by atoms with van der Waals surface area (Å²) in [5, 5.41) is 4.04. The second kappa shape index (κ2) is 7.23. The second-order valence-electron chi connectivity index (χ2n) is 5.08. The number of amides is 1. The average Bonchev–Trinajstić information content (AvgIpc) is 2.51. The smallest absolute Gasteiger partial charge is 0.279 e. The van der Waals surface area contributed by atoms with E-state index < -0.39 is 29.2 Å². The predicted molar refractivity (Wildman–Crippen MR) is 76.6 cm³/mol. The van der Waals surface area contributed by atoms with Crippen LogP contribution in [0.1, 0.15) is 18.5 Å². The lowest BCUT2D eigenvalue weighted by Crippen LogP contribution is -2.86. The molecule has 0 unspecified atom stereocenters. The van der Waals surface area contributed by atoms with Gasteiger partial charge in [-0.15, -0.1) is 0 Å². The van der Waals surface area contributed by atoms with Crippen molar-refractivity contribution in [3.63, 3.8) is 0 Å². The van der Waals surface area contributed by atoms with Gasteiger partial charge in [0.15, 0.2) is 29.8 Å². The maximum absolute atomic E-state index is 13.2. The van der Waals surface area contributed by atoms with E-state index in [1.807, 2.05) is 0 Å². The average molecular weight is 327 g/mol. The zero-order valence-electron chi connectivity index (χ0n) is 12.2. The molecule has 1 amide bonds. The van der Waals surface area contributed by atoms with Gasteiger partial charge >= 0.3 is 0 Å². The highest BCUT2D eigenvalue weighted by Gasteiger charge is 2.14. The molecule has 0 radical (unpaired) electrons. The SMILES string of the molecule is C[C@@H]([NH2+]CC(=O)Nc1ccc(F)c(F)c1)c1ccc(F)c(F)c1. The molecule has 0 spiro atoms. The van der Waals surface area contributed by atoms with Crippen LogP contribution in [0.2, 0.25) is 0 Å². The lowest BCUT2D eigenvalue weighted by atomic mass is 10.1. The van der Waals surface area contributed by atoms with E-state index in [0.29, 0.717) is 5.56 Å². The van der Waals surface area contributed by atoms with Gasteiger partial charge in [0.25, 0.3) is 5.91 Å². The van der Waals surface area contributed by atoms with Gasteiger partial charge in [0.2, 0.25) is 0 Å². The van der Waals surface area contributed by atoms with Gasteiger partial charge in [-0.05, 0) is 37.3 Å². The zero-order chi connectivity index (χ0) is 17.0. The van der Waals surface area contributed by atoms with Crippen LogP contribution in [0.4, 0.5) is 23.2 Å². The Morgan fingerprint density at radius 2 is 1.61 bits per heavy atom. The van der Waals surface area contributed by atoms with Crippen LogP contribution in [0.3, 0.4) is 0 Å². The number of rotatable bonds is 5. The summed E-state index contributed by atoms with van der Waals surface area (Å²) in [7, 11) is 0. The Balaban J connectivity index is 1.90. The third-order valence-corrected chi connectivity index (χ3v) is 3.33. The fourth-order valence-corrected chi connectivity index (χ4v) is 2.00. The molecule has 0 fully saturated rings. The van der Waals surface area contributed by atoms with Gasteiger partial charge in [0.1, 0.15) is 6.04 Å². The molecule has 3 nitrogen and oxygen atoms in total. The van der Waals surface area contributed by atoms with Crippen LogP contribution in [0.25, 0.3) is 0 Å². The number of quaternary nitrogens is 1. The van der Waals surface area contributed by atoms with E-state index >= 15 is 0 Å². The lowest BCUT2D eigenvalue weighted by Gasteiger charge is -2.11. The Morgan fingerprint density at radius 3 is 2.22 bits per heavy atom. The highest BCUT2D eigenvalue weighted by molar-refractivity contribution is 5.91. The summed E-state index contributed by atoms with van der Waals surface area (Å²) < 4.78 is 51.9. The summed E-state index contributed by atoms with van der Waals surface area (Å²) >= 11 is 0. The summed E-state index contributed by atoms with van der Waals surface area (Å²) in [5.74, 6) is -4.36. The fourth-order valence-electron chi connectivity index (χ4n) is 2.00. The molecule has 3 N–H and O–H groups in total. The first-order chi connectivity index (χ1) is 10.9. The first-order valence-corrected chi connectivity index (χ1v) is 6.90.